The fourth-order valence-corrected chi connectivity index (χ4v) is 3.60. The first-order chi connectivity index (χ1) is 14.2. The van der Waals surface area contributed by atoms with Gasteiger partial charge in [-0.15, -0.1) is 24.0 Å². The molecule has 1 unspecified atom stereocenters. The van der Waals surface area contributed by atoms with Crippen molar-refractivity contribution < 1.29 is 9.47 Å². The Labute approximate surface area is 196 Å². The molecule has 1 aliphatic rings. The highest BCUT2D eigenvalue weighted by Gasteiger charge is 2.24. The Balaban J connectivity index is 0.00000320. The fourth-order valence-electron chi connectivity index (χ4n) is 3.60. The molecule has 0 amide bonds. The van der Waals surface area contributed by atoms with E-state index < -0.39 is 0 Å². The molecule has 1 fully saturated rings. The van der Waals surface area contributed by atoms with E-state index in [0.717, 1.165) is 36.9 Å². The molecule has 7 nitrogen and oxygen atoms in total. The molecule has 1 atom stereocenters. The summed E-state index contributed by atoms with van der Waals surface area (Å²) in [5.41, 5.74) is 2.33. The maximum atomic E-state index is 5.43. The Kier molecular flexibility index (Phi) is 10.2. The Morgan fingerprint density at radius 3 is 2.57 bits per heavy atom. The zero-order valence-corrected chi connectivity index (χ0v) is 20.3. The van der Waals surface area contributed by atoms with Crippen molar-refractivity contribution in [1.29, 1.82) is 0 Å². The number of pyridine rings is 1. The van der Waals surface area contributed by atoms with Gasteiger partial charge in [0.25, 0.3) is 0 Å². The van der Waals surface area contributed by atoms with Crippen LogP contribution in [0.3, 0.4) is 0 Å². The molecule has 0 spiro atoms. The van der Waals surface area contributed by atoms with Gasteiger partial charge in [0.2, 0.25) is 5.88 Å². The second-order valence-electron chi connectivity index (χ2n) is 7.05. The predicted molar refractivity (Wildman–Crippen MR) is 131 cm³/mol. The van der Waals surface area contributed by atoms with Gasteiger partial charge in [-0.3, -0.25) is 9.89 Å². The predicted octanol–water partition coefficient (Wildman–Crippen LogP) is 3.22. The normalized spacial score (nSPS) is 15.2. The molecule has 2 N–H and O–H groups in total. The summed E-state index contributed by atoms with van der Waals surface area (Å²) in [6, 6.07) is 12.5. The van der Waals surface area contributed by atoms with Crippen LogP contribution in [-0.2, 0) is 6.54 Å². The van der Waals surface area contributed by atoms with Gasteiger partial charge >= 0.3 is 0 Å². The van der Waals surface area contributed by atoms with E-state index in [1.807, 2.05) is 24.4 Å². The van der Waals surface area contributed by atoms with Crippen LogP contribution in [0.25, 0.3) is 0 Å². The van der Waals surface area contributed by atoms with Crippen molar-refractivity contribution in [2.45, 2.75) is 25.4 Å². The minimum Gasteiger partial charge on any atom is -0.497 e. The van der Waals surface area contributed by atoms with Crippen LogP contribution in [0.5, 0.6) is 11.6 Å². The number of halogens is 1. The van der Waals surface area contributed by atoms with E-state index in [9.17, 15) is 0 Å². The van der Waals surface area contributed by atoms with Gasteiger partial charge in [-0.1, -0.05) is 18.2 Å². The van der Waals surface area contributed by atoms with Crippen LogP contribution in [-0.4, -0.2) is 56.7 Å². The molecule has 0 bridgehead atoms. The van der Waals surface area contributed by atoms with Crippen LogP contribution in [0, 0.1) is 0 Å². The number of likely N-dealkylation sites (tertiary alicyclic amines) is 1. The third kappa shape index (κ3) is 6.73. The van der Waals surface area contributed by atoms with Crippen LogP contribution < -0.4 is 20.1 Å². The van der Waals surface area contributed by atoms with E-state index in [1.54, 1.807) is 21.3 Å². The first-order valence-electron chi connectivity index (χ1n) is 10.0. The summed E-state index contributed by atoms with van der Waals surface area (Å²) in [5.74, 6) is 2.28. The summed E-state index contributed by atoms with van der Waals surface area (Å²) in [6.07, 6.45) is 4.30. The first-order valence-corrected chi connectivity index (χ1v) is 10.0. The highest BCUT2D eigenvalue weighted by Crippen LogP contribution is 2.27. The third-order valence-electron chi connectivity index (χ3n) is 5.21. The van der Waals surface area contributed by atoms with E-state index in [4.69, 9.17) is 9.47 Å². The Morgan fingerprint density at radius 2 is 1.93 bits per heavy atom. The fraction of sp³-hybridized carbons (Fsp3) is 0.455. The number of nitrogens with one attached hydrogen (secondary N) is 2. The highest BCUT2D eigenvalue weighted by atomic mass is 127. The minimum atomic E-state index is 0. The number of guanidine groups is 1. The van der Waals surface area contributed by atoms with Crippen LogP contribution in [0.4, 0.5) is 0 Å². The summed E-state index contributed by atoms with van der Waals surface area (Å²) in [7, 11) is 5.12. The van der Waals surface area contributed by atoms with Gasteiger partial charge in [0, 0.05) is 32.4 Å². The quantitative estimate of drug-likeness (QED) is 0.314. The zero-order valence-electron chi connectivity index (χ0n) is 17.9. The maximum absolute atomic E-state index is 5.43. The second-order valence-corrected chi connectivity index (χ2v) is 7.05. The van der Waals surface area contributed by atoms with Crippen molar-refractivity contribution >= 4 is 29.9 Å². The maximum Gasteiger partial charge on any atom is 0.212 e. The molecule has 0 radical (unpaired) electrons. The summed E-state index contributed by atoms with van der Waals surface area (Å²) < 4.78 is 10.5. The lowest BCUT2D eigenvalue weighted by Crippen LogP contribution is -2.42. The van der Waals surface area contributed by atoms with Gasteiger partial charge < -0.3 is 20.1 Å². The number of methoxy groups -OCH3 is 2. The third-order valence-corrected chi connectivity index (χ3v) is 5.21. The van der Waals surface area contributed by atoms with Gasteiger partial charge in [0.15, 0.2) is 5.96 Å². The van der Waals surface area contributed by atoms with Crippen molar-refractivity contribution in [1.82, 2.24) is 20.5 Å². The van der Waals surface area contributed by atoms with E-state index in [0.29, 0.717) is 12.4 Å². The SMILES string of the molecule is CN=C(NCc1ccc(OC)nc1)NCC(c1cccc(OC)c1)N1CCCC1.I. The minimum absolute atomic E-state index is 0. The van der Waals surface area contributed by atoms with Crippen LogP contribution in [0.15, 0.2) is 47.6 Å². The molecule has 30 heavy (non-hydrogen) atoms. The van der Waals surface area contributed by atoms with Gasteiger partial charge in [-0.05, 0) is 49.2 Å². The molecule has 1 aromatic heterocycles. The second kappa shape index (κ2) is 12.6. The number of ether oxygens (including phenoxy) is 2. The lowest BCUT2D eigenvalue weighted by atomic mass is 10.1. The number of nitrogens with zero attached hydrogens (tertiary/aromatic N) is 3. The smallest absolute Gasteiger partial charge is 0.212 e. The number of aliphatic imine (C=N–C) groups is 1. The average Bonchev–Trinajstić information content (AvgIpc) is 3.31. The Bertz CT molecular complexity index is 794. The summed E-state index contributed by atoms with van der Waals surface area (Å²) in [6.45, 7) is 3.65. The molecule has 1 aliphatic heterocycles. The van der Waals surface area contributed by atoms with Crippen molar-refractivity contribution in [3.8, 4) is 11.6 Å². The number of hydrogen-bond acceptors (Lipinski definition) is 5. The summed E-state index contributed by atoms with van der Waals surface area (Å²) in [4.78, 5) is 11.1. The Hall–Kier alpha value is -2.07. The van der Waals surface area contributed by atoms with Crippen LogP contribution in [0.1, 0.15) is 30.0 Å². The highest BCUT2D eigenvalue weighted by molar-refractivity contribution is 14.0. The van der Waals surface area contributed by atoms with E-state index >= 15 is 0 Å². The average molecular weight is 525 g/mol. The number of benzene rings is 1. The lowest BCUT2D eigenvalue weighted by molar-refractivity contribution is 0.245. The molecule has 3 rings (SSSR count). The van der Waals surface area contributed by atoms with Gasteiger partial charge in [0.05, 0.1) is 20.3 Å². The Morgan fingerprint density at radius 1 is 1.13 bits per heavy atom. The molecule has 8 heteroatoms. The van der Waals surface area contributed by atoms with Crippen molar-refractivity contribution in [2.75, 3.05) is 40.9 Å². The van der Waals surface area contributed by atoms with Gasteiger partial charge in [-0.25, -0.2) is 4.98 Å². The van der Waals surface area contributed by atoms with Crippen LogP contribution in [0.2, 0.25) is 0 Å². The molecular weight excluding hydrogens is 493 g/mol. The molecule has 1 aromatic carbocycles. The molecule has 2 aromatic rings. The van der Waals surface area contributed by atoms with Gasteiger partial charge in [-0.2, -0.15) is 0 Å². The molecular formula is C22H32IN5O2. The van der Waals surface area contributed by atoms with Crippen LogP contribution >= 0.6 is 24.0 Å². The monoisotopic (exact) mass is 525 g/mol. The van der Waals surface area contributed by atoms with Crippen molar-refractivity contribution in [2.24, 2.45) is 4.99 Å². The van der Waals surface area contributed by atoms with Gasteiger partial charge in [0.1, 0.15) is 5.75 Å². The zero-order chi connectivity index (χ0) is 20.5. The summed E-state index contributed by atoms with van der Waals surface area (Å²) >= 11 is 0. The van der Waals surface area contributed by atoms with E-state index in [2.05, 4.69) is 43.7 Å². The summed E-state index contributed by atoms with van der Waals surface area (Å²) in [5, 5.41) is 6.84. The first kappa shape index (κ1) is 24.2. The molecule has 2 heterocycles. The molecule has 1 saturated heterocycles. The number of rotatable bonds is 8. The largest absolute Gasteiger partial charge is 0.497 e. The van der Waals surface area contributed by atoms with Crippen molar-refractivity contribution in [3.05, 3.63) is 53.7 Å². The molecule has 164 valence electrons. The van der Waals surface area contributed by atoms with E-state index in [-0.39, 0.29) is 30.0 Å². The van der Waals surface area contributed by atoms with Crippen molar-refractivity contribution in [3.63, 3.8) is 0 Å². The topological polar surface area (TPSA) is 71.0 Å². The lowest BCUT2D eigenvalue weighted by Gasteiger charge is -2.29. The number of aromatic nitrogens is 1. The standard InChI is InChI=1S/C22H31N5O2.HI/c1-23-22(25-15-17-9-10-21(29-3)24-14-17)26-16-20(27-11-4-5-12-27)18-7-6-8-19(13-18)28-2;/h6-10,13-14,20H,4-5,11-12,15-16H2,1-3H3,(H2,23,25,26);1H. The van der Waals surface area contributed by atoms with E-state index in [1.165, 1.54) is 18.4 Å². The number of hydrogen-bond donors (Lipinski definition) is 2. The molecule has 0 aliphatic carbocycles. The molecule has 0 saturated carbocycles.